The average Bonchev–Trinajstić information content (AvgIpc) is 3.29. The second kappa shape index (κ2) is 48.7. The number of carbonyl (C=O) groups is 3. The van der Waals surface area contributed by atoms with E-state index in [4.69, 9.17) is 14.2 Å². The van der Waals surface area contributed by atoms with Gasteiger partial charge in [-0.05, 0) is 89.9 Å². The van der Waals surface area contributed by atoms with E-state index >= 15 is 0 Å². The summed E-state index contributed by atoms with van der Waals surface area (Å²) in [4.78, 5) is 37.2. The molecule has 8 nitrogen and oxygen atoms in total. The highest BCUT2D eigenvalue weighted by molar-refractivity contribution is 5.72. The molecule has 0 aliphatic carbocycles. The Morgan fingerprint density at radius 2 is 0.791 bits per heavy atom. The van der Waals surface area contributed by atoms with Crippen LogP contribution < -0.4 is 0 Å². The Balaban J connectivity index is 4.26. The summed E-state index contributed by atoms with van der Waals surface area (Å²) in [6, 6.07) is -0.623. The first kappa shape index (κ1) is 63.2. The van der Waals surface area contributed by atoms with Gasteiger partial charge in [-0.25, -0.2) is 4.79 Å². The van der Waals surface area contributed by atoms with Crippen molar-refractivity contribution < 1.29 is 38.2 Å². The zero-order valence-electron chi connectivity index (χ0n) is 43.6. The smallest absolute Gasteiger partial charge is 0.362 e. The van der Waals surface area contributed by atoms with Crippen molar-refractivity contribution in [2.24, 2.45) is 0 Å². The van der Waals surface area contributed by atoms with E-state index in [1.807, 2.05) is 21.1 Å². The minimum absolute atomic E-state index is 0.0502. The molecule has 0 fully saturated rings. The number of likely N-dealkylation sites (N-methyl/N-ethyl adjacent to an activating group) is 1. The summed E-state index contributed by atoms with van der Waals surface area (Å²) in [6.07, 6.45) is 66.0. The molecule has 8 heteroatoms. The van der Waals surface area contributed by atoms with Crippen molar-refractivity contribution >= 4 is 17.9 Å². The minimum atomic E-state index is -0.880. The molecular formula is C59H100NO7+. The third-order valence-corrected chi connectivity index (χ3v) is 11.5. The van der Waals surface area contributed by atoms with Crippen LogP contribution in [0.1, 0.15) is 206 Å². The van der Waals surface area contributed by atoms with Crippen LogP contribution in [0.5, 0.6) is 0 Å². The maximum Gasteiger partial charge on any atom is 0.362 e. The van der Waals surface area contributed by atoms with E-state index in [0.29, 0.717) is 19.3 Å². The van der Waals surface area contributed by atoms with Crippen molar-refractivity contribution in [3.63, 3.8) is 0 Å². The van der Waals surface area contributed by atoms with Gasteiger partial charge in [0.1, 0.15) is 6.61 Å². The Labute approximate surface area is 411 Å². The largest absolute Gasteiger partial charge is 0.477 e. The fourth-order valence-corrected chi connectivity index (χ4v) is 7.43. The highest BCUT2D eigenvalue weighted by Gasteiger charge is 2.31. The molecule has 0 bridgehead atoms. The average molecular weight is 935 g/mol. The molecule has 0 aliphatic heterocycles. The highest BCUT2D eigenvalue weighted by Crippen LogP contribution is 2.15. The van der Waals surface area contributed by atoms with Crippen LogP contribution in [0, 0.1) is 0 Å². The Kier molecular flexibility index (Phi) is 46.0. The number of hydrogen-bond donors (Lipinski definition) is 1. The van der Waals surface area contributed by atoms with Gasteiger partial charge in [-0.2, -0.15) is 0 Å². The Morgan fingerprint density at radius 1 is 0.448 bits per heavy atom. The predicted octanol–water partition coefficient (Wildman–Crippen LogP) is 15.8. The maximum absolute atomic E-state index is 12.8. The van der Waals surface area contributed by atoms with Crippen molar-refractivity contribution in [3.8, 4) is 0 Å². The van der Waals surface area contributed by atoms with E-state index < -0.39 is 18.1 Å². The SMILES string of the molecule is CC/C=C/C/C=C/C/C=C/C/C=C/C/C=C/CCCCCCCCCC(=O)OC(COCCC(C(=O)O)[N+](C)(C)C)COC(=O)CCCCCCCCCCCC/C=C/C/C=C/C/C=C/CC. The fourth-order valence-electron chi connectivity index (χ4n) is 7.43. The molecule has 2 unspecified atom stereocenters. The lowest BCUT2D eigenvalue weighted by molar-refractivity contribution is -0.887. The number of ether oxygens (including phenoxy) is 3. The van der Waals surface area contributed by atoms with Crippen molar-refractivity contribution in [2.75, 3.05) is 41.0 Å². The van der Waals surface area contributed by atoms with Gasteiger partial charge >= 0.3 is 17.9 Å². The lowest BCUT2D eigenvalue weighted by atomic mass is 10.1. The Morgan fingerprint density at radius 3 is 1.16 bits per heavy atom. The third-order valence-electron chi connectivity index (χ3n) is 11.5. The summed E-state index contributed by atoms with van der Waals surface area (Å²) in [5, 5.41) is 9.67. The fraction of sp³-hybridized carbons (Fsp3) is 0.678. The number of carboxylic acid groups (broad SMARTS) is 1. The summed E-state index contributed by atoms with van der Waals surface area (Å²) in [7, 11) is 5.53. The van der Waals surface area contributed by atoms with E-state index in [1.165, 1.54) is 70.6 Å². The number of aliphatic carboxylic acids is 1. The molecular weight excluding hydrogens is 835 g/mol. The topological polar surface area (TPSA) is 99.1 Å². The summed E-state index contributed by atoms with van der Waals surface area (Å²) in [5.74, 6) is -1.49. The third kappa shape index (κ3) is 47.1. The van der Waals surface area contributed by atoms with Crippen LogP contribution in [0.4, 0.5) is 0 Å². The first-order chi connectivity index (χ1) is 32.6. The molecule has 0 aliphatic rings. The molecule has 0 aromatic rings. The second-order valence-corrected chi connectivity index (χ2v) is 18.7. The monoisotopic (exact) mass is 935 g/mol. The second-order valence-electron chi connectivity index (χ2n) is 18.7. The molecule has 0 aromatic carbocycles. The number of quaternary nitrogens is 1. The molecule has 0 spiro atoms. The van der Waals surface area contributed by atoms with E-state index in [-0.39, 0.29) is 36.2 Å². The van der Waals surface area contributed by atoms with Gasteiger partial charge in [0.05, 0.1) is 34.4 Å². The van der Waals surface area contributed by atoms with Gasteiger partial charge in [-0.3, -0.25) is 9.59 Å². The van der Waals surface area contributed by atoms with Crippen molar-refractivity contribution in [3.05, 3.63) is 97.2 Å². The summed E-state index contributed by atoms with van der Waals surface area (Å²) < 4.78 is 17.4. The normalized spacial score (nSPS) is 13.6. The summed E-state index contributed by atoms with van der Waals surface area (Å²) in [5.41, 5.74) is 0. The summed E-state index contributed by atoms with van der Waals surface area (Å²) >= 11 is 0. The van der Waals surface area contributed by atoms with Gasteiger partial charge in [0.2, 0.25) is 0 Å². The highest BCUT2D eigenvalue weighted by atomic mass is 16.6. The van der Waals surface area contributed by atoms with Gasteiger partial charge in [0.25, 0.3) is 0 Å². The van der Waals surface area contributed by atoms with Crippen LogP contribution >= 0.6 is 0 Å². The lowest BCUT2D eigenvalue weighted by Crippen LogP contribution is -2.50. The van der Waals surface area contributed by atoms with Crippen LogP contribution in [0.2, 0.25) is 0 Å². The minimum Gasteiger partial charge on any atom is -0.477 e. The molecule has 2 atom stereocenters. The first-order valence-electron chi connectivity index (χ1n) is 26.8. The van der Waals surface area contributed by atoms with E-state index in [2.05, 4.69) is 111 Å². The number of hydrogen-bond acceptors (Lipinski definition) is 6. The zero-order chi connectivity index (χ0) is 49.2. The molecule has 382 valence electrons. The molecule has 0 heterocycles. The maximum atomic E-state index is 12.8. The number of carbonyl (C=O) groups excluding carboxylic acids is 2. The van der Waals surface area contributed by atoms with Gasteiger partial charge in [0.15, 0.2) is 12.1 Å². The zero-order valence-corrected chi connectivity index (χ0v) is 43.6. The van der Waals surface area contributed by atoms with Crippen LogP contribution in [-0.4, -0.2) is 80.6 Å². The standard InChI is InChI=1S/C59H99NO7/c1-6-8-10-12-14-16-18-20-22-24-26-28-29-30-32-34-36-38-40-42-44-46-48-50-58(62)67-55(53-65-52-51-56(59(63)64)60(3,4)5)54-66-57(61)49-47-45-43-41-39-37-35-33-31-27-25-23-21-19-17-15-13-11-9-7-2/h8-11,14-17,20-23,26,28,30,32,55-56H,6-7,12-13,18-19,24-25,27,29,31,33-54H2,1-5H3/p+1/b10-8+,11-9+,16-14+,17-15+,22-20+,23-21+,28-26+,32-30+. The quantitative estimate of drug-likeness (QED) is 0.0281. The van der Waals surface area contributed by atoms with E-state index in [0.717, 1.165) is 103 Å². The van der Waals surface area contributed by atoms with Crippen molar-refractivity contribution in [2.45, 2.75) is 219 Å². The van der Waals surface area contributed by atoms with Crippen molar-refractivity contribution in [1.29, 1.82) is 0 Å². The lowest BCUT2D eigenvalue weighted by Gasteiger charge is -2.31. The number of esters is 2. The Bertz CT molecular complexity index is 1410. The number of carboxylic acids is 1. The van der Waals surface area contributed by atoms with Crippen LogP contribution in [0.15, 0.2) is 97.2 Å². The molecule has 0 amide bonds. The van der Waals surface area contributed by atoms with Crippen LogP contribution in [-0.2, 0) is 28.6 Å². The number of unbranched alkanes of at least 4 members (excludes halogenated alkanes) is 17. The van der Waals surface area contributed by atoms with E-state index in [9.17, 15) is 19.5 Å². The molecule has 1 N–H and O–H groups in total. The number of nitrogens with zero attached hydrogens (tertiary/aromatic N) is 1. The van der Waals surface area contributed by atoms with Gasteiger partial charge < -0.3 is 23.8 Å². The Hall–Kier alpha value is -3.75. The van der Waals surface area contributed by atoms with Gasteiger partial charge in [0, 0.05) is 19.3 Å². The molecule has 67 heavy (non-hydrogen) atoms. The van der Waals surface area contributed by atoms with Gasteiger partial charge in [-0.1, -0.05) is 195 Å². The first-order valence-corrected chi connectivity index (χ1v) is 26.8. The van der Waals surface area contributed by atoms with E-state index in [1.54, 1.807) is 0 Å². The summed E-state index contributed by atoms with van der Waals surface area (Å²) in [6.45, 7) is 4.50. The van der Waals surface area contributed by atoms with Crippen LogP contribution in [0.25, 0.3) is 0 Å². The van der Waals surface area contributed by atoms with Gasteiger partial charge in [-0.15, -0.1) is 0 Å². The molecule has 0 radical (unpaired) electrons. The molecule has 0 saturated carbocycles. The number of allylic oxidation sites excluding steroid dienone is 16. The van der Waals surface area contributed by atoms with Crippen LogP contribution in [0.3, 0.4) is 0 Å². The molecule has 0 rings (SSSR count). The molecule has 0 saturated heterocycles. The number of rotatable bonds is 47. The molecule has 0 aromatic heterocycles. The predicted molar refractivity (Wildman–Crippen MR) is 284 cm³/mol. The van der Waals surface area contributed by atoms with Crippen molar-refractivity contribution in [1.82, 2.24) is 0 Å².